The van der Waals surface area contributed by atoms with Crippen molar-refractivity contribution < 1.29 is 4.39 Å². The van der Waals surface area contributed by atoms with Crippen molar-refractivity contribution in [1.29, 1.82) is 0 Å². The van der Waals surface area contributed by atoms with Crippen LogP contribution in [0.2, 0.25) is 0 Å². The molecule has 4 nitrogen and oxygen atoms in total. The Kier molecular flexibility index (Phi) is 5.41. The van der Waals surface area contributed by atoms with Crippen LogP contribution in [0, 0.1) is 11.7 Å². The number of aromatic nitrogens is 2. The molecule has 0 aliphatic carbocycles. The number of benzene rings is 1. The SMILES string of the molecule is CN1CCN(Cc2ncccc2F)C[C@H](Cc2cncc3ccccc23)C1. The second-order valence-corrected chi connectivity index (χ2v) is 7.52. The van der Waals surface area contributed by atoms with E-state index in [-0.39, 0.29) is 5.82 Å². The van der Waals surface area contributed by atoms with E-state index in [1.54, 1.807) is 12.3 Å². The lowest BCUT2D eigenvalue weighted by molar-refractivity contribution is 0.243. The highest BCUT2D eigenvalue weighted by Crippen LogP contribution is 2.22. The number of hydrogen-bond acceptors (Lipinski definition) is 4. The average molecular weight is 364 g/mol. The number of rotatable bonds is 4. The standard InChI is InChI=1S/C22H25FN4/c1-26-9-10-27(16-22-21(23)7-4-8-25-22)15-17(14-26)11-19-13-24-12-18-5-2-3-6-20(18)19/h2-8,12-13,17H,9-11,14-16H2,1H3/t17-/m1/s1. The lowest BCUT2D eigenvalue weighted by atomic mass is 9.96. The first kappa shape index (κ1) is 18.0. The zero-order chi connectivity index (χ0) is 18.6. The highest BCUT2D eigenvalue weighted by molar-refractivity contribution is 5.84. The number of halogens is 1. The van der Waals surface area contributed by atoms with Crippen molar-refractivity contribution in [2.75, 3.05) is 33.2 Å². The Bertz CT molecular complexity index is 908. The van der Waals surface area contributed by atoms with Gasteiger partial charge in [-0.25, -0.2) is 4.39 Å². The highest BCUT2D eigenvalue weighted by Gasteiger charge is 2.23. The molecule has 0 bridgehead atoms. The quantitative estimate of drug-likeness (QED) is 0.710. The molecule has 0 amide bonds. The average Bonchev–Trinajstić information content (AvgIpc) is 2.85. The molecule has 2 aromatic heterocycles. The lowest BCUT2D eigenvalue weighted by Gasteiger charge is -2.24. The highest BCUT2D eigenvalue weighted by atomic mass is 19.1. The van der Waals surface area contributed by atoms with Crippen molar-refractivity contribution in [2.24, 2.45) is 5.92 Å². The number of hydrogen-bond donors (Lipinski definition) is 0. The molecule has 0 unspecified atom stereocenters. The molecular weight excluding hydrogens is 339 g/mol. The van der Waals surface area contributed by atoms with Crippen molar-refractivity contribution in [3.63, 3.8) is 0 Å². The second-order valence-electron chi connectivity index (χ2n) is 7.52. The number of fused-ring (bicyclic) bond motifs is 1. The van der Waals surface area contributed by atoms with Gasteiger partial charge < -0.3 is 4.90 Å². The van der Waals surface area contributed by atoms with Crippen LogP contribution in [0.4, 0.5) is 4.39 Å². The minimum absolute atomic E-state index is 0.218. The van der Waals surface area contributed by atoms with Gasteiger partial charge >= 0.3 is 0 Å². The van der Waals surface area contributed by atoms with Crippen LogP contribution >= 0.6 is 0 Å². The molecule has 1 aliphatic heterocycles. The topological polar surface area (TPSA) is 32.3 Å². The zero-order valence-electron chi connectivity index (χ0n) is 15.7. The summed E-state index contributed by atoms with van der Waals surface area (Å²) in [5.74, 6) is 0.252. The maximum absolute atomic E-state index is 14.0. The summed E-state index contributed by atoms with van der Waals surface area (Å²) in [6.45, 7) is 4.44. The van der Waals surface area contributed by atoms with E-state index in [0.717, 1.165) is 32.6 Å². The van der Waals surface area contributed by atoms with Gasteiger partial charge in [-0.15, -0.1) is 0 Å². The van der Waals surface area contributed by atoms with E-state index in [1.807, 2.05) is 12.4 Å². The summed E-state index contributed by atoms with van der Waals surface area (Å²) in [5, 5.41) is 2.46. The predicted molar refractivity (Wildman–Crippen MR) is 106 cm³/mol. The van der Waals surface area contributed by atoms with Crippen LogP contribution in [-0.2, 0) is 13.0 Å². The molecule has 0 radical (unpaired) electrons. The van der Waals surface area contributed by atoms with Gasteiger partial charge in [0.1, 0.15) is 5.82 Å². The first-order valence-corrected chi connectivity index (χ1v) is 9.51. The van der Waals surface area contributed by atoms with Crippen LogP contribution in [0.25, 0.3) is 10.8 Å². The fourth-order valence-corrected chi connectivity index (χ4v) is 4.03. The molecule has 1 aromatic carbocycles. The summed E-state index contributed by atoms with van der Waals surface area (Å²) in [6.07, 6.45) is 6.56. The van der Waals surface area contributed by atoms with Crippen molar-refractivity contribution in [1.82, 2.24) is 19.8 Å². The molecule has 0 N–H and O–H groups in total. The normalized spacial score (nSPS) is 19.3. The number of nitrogens with zero attached hydrogens (tertiary/aromatic N) is 4. The first-order valence-electron chi connectivity index (χ1n) is 9.51. The summed E-state index contributed by atoms with van der Waals surface area (Å²) < 4.78 is 14.0. The number of likely N-dealkylation sites (N-methyl/N-ethyl adjacent to an activating group) is 1. The van der Waals surface area contributed by atoms with Crippen LogP contribution < -0.4 is 0 Å². The summed E-state index contributed by atoms with van der Waals surface area (Å²) in [6, 6.07) is 11.6. The Hall–Kier alpha value is -2.37. The second kappa shape index (κ2) is 8.11. The molecule has 1 saturated heterocycles. The van der Waals surface area contributed by atoms with Crippen LogP contribution in [0.5, 0.6) is 0 Å². The summed E-state index contributed by atoms with van der Waals surface area (Å²) in [7, 11) is 2.17. The van der Waals surface area contributed by atoms with Crippen molar-refractivity contribution >= 4 is 10.8 Å². The predicted octanol–water partition coefficient (Wildman–Crippen LogP) is 3.38. The Labute approximate surface area is 159 Å². The van der Waals surface area contributed by atoms with Crippen LogP contribution in [0.1, 0.15) is 11.3 Å². The third-order valence-electron chi connectivity index (χ3n) is 5.35. The molecule has 5 heteroatoms. The fourth-order valence-electron chi connectivity index (χ4n) is 4.03. The maximum Gasteiger partial charge on any atom is 0.146 e. The number of pyridine rings is 2. The molecule has 0 spiro atoms. The van der Waals surface area contributed by atoms with E-state index >= 15 is 0 Å². The molecule has 4 rings (SSSR count). The van der Waals surface area contributed by atoms with E-state index in [4.69, 9.17) is 0 Å². The van der Waals surface area contributed by atoms with Gasteiger partial charge in [-0.1, -0.05) is 24.3 Å². The molecule has 1 atom stereocenters. The molecule has 27 heavy (non-hydrogen) atoms. The Morgan fingerprint density at radius 1 is 1.07 bits per heavy atom. The molecule has 1 aliphatic rings. The van der Waals surface area contributed by atoms with E-state index in [2.05, 4.69) is 51.1 Å². The largest absolute Gasteiger partial charge is 0.305 e. The third kappa shape index (κ3) is 4.31. The zero-order valence-corrected chi connectivity index (χ0v) is 15.7. The van der Waals surface area contributed by atoms with E-state index in [9.17, 15) is 4.39 Å². The van der Waals surface area contributed by atoms with Crippen LogP contribution in [0.3, 0.4) is 0 Å². The van der Waals surface area contributed by atoms with Gasteiger partial charge in [0.15, 0.2) is 0 Å². The third-order valence-corrected chi connectivity index (χ3v) is 5.35. The summed E-state index contributed by atoms with van der Waals surface area (Å²) >= 11 is 0. The maximum atomic E-state index is 14.0. The van der Waals surface area contributed by atoms with Gasteiger partial charge in [0.25, 0.3) is 0 Å². The molecule has 0 saturated carbocycles. The van der Waals surface area contributed by atoms with Gasteiger partial charge in [0.05, 0.1) is 5.69 Å². The lowest BCUT2D eigenvalue weighted by Crippen LogP contribution is -2.31. The molecular formula is C22H25FN4. The molecule has 1 fully saturated rings. The van der Waals surface area contributed by atoms with Crippen molar-refractivity contribution in [2.45, 2.75) is 13.0 Å². The fraction of sp³-hybridized carbons (Fsp3) is 0.364. The molecule has 140 valence electrons. The monoisotopic (exact) mass is 364 g/mol. The van der Waals surface area contributed by atoms with Crippen LogP contribution in [-0.4, -0.2) is 53.0 Å². The van der Waals surface area contributed by atoms with E-state index < -0.39 is 0 Å². The van der Waals surface area contributed by atoms with Gasteiger partial charge in [-0.05, 0) is 42.5 Å². The summed E-state index contributed by atoms with van der Waals surface area (Å²) in [4.78, 5) is 13.4. The van der Waals surface area contributed by atoms with Crippen molar-refractivity contribution in [3.05, 3.63) is 72.1 Å². The minimum Gasteiger partial charge on any atom is -0.305 e. The molecule has 3 heterocycles. The Balaban J connectivity index is 1.53. The van der Waals surface area contributed by atoms with Gasteiger partial charge in [0.2, 0.25) is 0 Å². The van der Waals surface area contributed by atoms with E-state index in [1.165, 1.54) is 22.4 Å². The Morgan fingerprint density at radius 2 is 1.96 bits per heavy atom. The summed E-state index contributed by atoms with van der Waals surface area (Å²) in [5.41, 5.74) is 1.82. The Morgan fingerprint density at radius 3 is 2.85 bits per heavy atom. The minimum atomic E-state index is -0.218. The van der Waals surface area contributed by atoms with Crippen LogP contribution in [0.15, 0.2) is 55.0 Å². The van der Waals surface area contributed by atoms with Gasteiger partial charge in [-0.2, -0.15) is 0 Å². The van der Waals surface area contributed by atoms with Gasteiger partial charge in [-0.3, -0.25) is 14.9 Å². The first-order chi connectivity index (χ1) is 13.2. The van der Waals surface area contributed by atoms with E-state index in [0.29, 0.717) is 18.2 Å². The van der Waals surface area contributed by atoms with Crippen molar-refractivity contribution in [3.8, 4) is 0 Å². The van der Waals surface area contributed by atoms with Gasteiger partial charge in [0, 0.05) is 56.7 Å². The smallest absolute Gasteiger partial charge is 0.146 e. The molecule has 3 aromatic rings.